The summed E-state index contributed by atoms with van der Waals surface area (Å²) in [4.78, 5) is 5.54. The first-order chi connectivity index (χ1) is 9.79. The van der Waals surface area contributed by atoms with Gasteiger partial charge in [0.2, 0.25) is 0 Å². The lowest BCUT2D eigenvalue weighted by molar-refractivity contribution is 1.19. The smallest absolute Gasteiger partial charge is 0.0273 e. The molecule has 3 aromatic rings. The van der Waals surface area contributed by atoms with Crippen LogP contribution < -0.4 is 0 Å². The van der Waals surface area contributed by atoms with Crippen molar-refractivity contribution in [3.63, 3.8) is 0 Å². The van der Waals surface area contributed by atoms with E-state index in [0.29, 0.717) is 0 Å². The molecule has 1 nitrogen and oxygen atoms in total. The molecule has 2 aromatic heterocycles. The number of aryl methyl sites for hydroxylation is 1. The molecule has 0 bridgehead atoms. The van der Waals surface area contributed by atoms with Crippen molar-refractivity contribution < 1.29 is 0 Å². The number of pyridine rings is 1. The number of hydrogen-bond acceptors (Lipinski definition) is 2. The minimum atomic E-state index is 1.10. The Morgan fingerprint density at radius 3 is 2.35 bits per heavy atom. The van der Waals surface area contributed by atoms with Gasteiger partial charge in [-0.25, -0.2) is 0 Å². The molecule has 0 saturated heterocycles. The second kappa shape index (κ2) is 5.59. The molecule has 0 atom stereocenters. The average Bonchev–Trinajstić information content (AvgIpc) is 2.97. The lowest BCUT2D eigenvalue weighted by atomic mass is 9.94. The van der Waals surface area contributed by atoms with Gasteiger partial charge in [0.25, 0.3) is 0 Å². The summed E-state index contributed by atoms with van der Waals surface area (Å²) in [5.41, 5.74) is 6.51. The summed E-state index contributed by atoms with van der Waals surface area (Å²) in [6, 6.07) is 13.0. The maximum atomic E-state index is 4.10. The van der Waals surface area contributed by atoms with Crippen LogP contribution in [0, 0.1) is 6.92 Å². The highest BCUT2D eigenvalue weighted by molar-refractivity contribution is 7.10. The van der Waals surface area contributed by atoms with Gasteiger partial charge < -0.3 is 0 Å². The van der Waals surface area contributed by atoms with E-state index in [0.717, 1.165) is 6.42 Å². The third kappa shape index (κ3) is 2.39. The summed E-state index contributed by atoms with van der Waals surface area (Å²) in [7, 11) is 0. The molecule has 2 heterocycles. The zero-order valence-corrected chi connectivity index (χ0v) is 12.6. The van der Waals surface area contributed by atoms with Crippen LogP contribution in [-0.2, 0) is 6.42 Å². The van der Waals surface area contributed by atoms with E-state index in [1.165, 1.54) is 32.7 Å². The summed E-state index contributed by atoms with van der Waals surface area (Å²) in [6.07, 6.45) is 4.80. The summed E-state index contributed by atoms with van der Waals surface area (Å²) in [5.74, 6) is 0. The van der Waals surface area contributed by atoms with Crippen LogP contribution in [0.5, 0.6) is 0 Å². The number of nitrogens with zero attached hydrogens (tertiary/aromatic N) is 1. The van der Waals surface area contributed by atoms with Crippen LogP contribution in [0.3, 0.4) is 0 Å². The molecule has 3 rings (SSSR count). The van der Waals surface area contributed by atoms with E-state index in [-0.39, 0.29) is 0 Å². The predicted molar refractivity (Wildman–Crippen MR) is 87.1 cm³/mol. The van der Waals surface area contributed by atoms with E-state index in [1.54, 1.807) is 0 Å². The lowest BCUT2D eigenvalue weighted by Gasteiger charge is -2.10. The second-order valence-electron chi connectivity index (χ2n) is 4.87. The normalized spacial score (nSPS) is 10.7. The Labute approximate surface area is 124 Å². The summed E-state index contributed by atoms with van der Waals surface area (Å²) >= 11 is 1.84. The monoisotopic (exact) mass is 279 g/mol. The zero-order valence-electron chi connectivity index (χ0n) is 11.8. The van der Waals surface area contributed by atoms with Gasteiger partial charge in [-0.05, 0) is 64.7 Å². The maximum Gasteiger partial charge on any atom is 0.0273 e. The summed E-state index contributed by atoms with van der Waals surface area (Å²) in [5, 5.41) is 2.26. The van der Waals surface area contributed by atoms with Gasteiger partial charge in [-0.2, -0.15) is 0 Å². The van der Waals surface area contributed by atoms with Crippen LogP contribution in [-0.4, -0.2) is 4.98 Å². The van der Waals surface area contributed by atoms with Crippen molar-refractivity contribution in [3.05, 3.63) is 64.6 Å². The van der Waals surface area contributed by atoms with Crippen molar-refractivity contribution in [3.8, 4) is 22.3 Å². The van der Waals surface area contributed by atoms with Crippen molar-refractivity contribution in [1.29, 1.82) is 0 Å². The van der Waals surface area contributed by atoms with Crippen LogP contribution >= 0.6 is 11.3 Å². The van der Waals surface area contributed by atoms with Crippen molar-refractivity contribution in [1.82, 2.24) is 4.98 Å². The van der Waals surface area contributed by atoms with Crippen molar-refractivity contribution in [2.75, 3.05) is 0 Å². The van der Waals surface area contributed by atoms with Crippen molar-refractivity contribution in [2.24, 2.45) is 0 Å². The third-order valence-corrected chi connectivity index (χ3v) is 4.72. The number of hydrogen-bond donors (Lipinski definition) is 0. The van der Waals surface area contributed by atoms with Crippen LogP contribution in [0.15, 0.2) is 54.2 Å². The molecule has 0 amide bonds. The molecular formula is C18H17NS. The van der Waals surface area contributed by atoms with E-state index >= 15 is 0 Å². The van der Waals surface area contributed by atoms with Gasteiger partial charge in [-0.15, -0.1) is 11.3 Å². The first-order valence-electron chi connectivity index (χ1n) is 6.87. The fraction of sp³-hybridized carbons (Fsp3) is 0.167. The van der Waals surface area contributed by atoms with E-state index in [9.17, 15) is 0 Å². The molecule has 0 spiro atoms. The quantitative estimate of drug-likeness (QED) is 0.630. The average molecular weight is 279 g/mol. The molecule has 0 N–H and O–H groups in total. The van der Waals surface area contributed by atoms with Gasteiger partial charge in [0.1, 0.15) is 0 Å². The highest BCUT2D eigenvalue weighted by atomic mass is 32.1. The number of rotatable bonds is 3. The molecule has 2 heteroatoms. The Bertz CT molecular complexity index is 713. The van der Waals surface area contributed by atoms with Crippen LogP contribution in [0.1, 0.15) is 17.4 Å². The molecule has 0 unspecified atom stereocenters. The molecule has 0 radical (unpaired) electrons. The molecule has 1 aromatic carbocycles. The van der Waals surface area contributed by atoms with Crippen LogP contribution in [0.25, 0.3) is 22.3 Å². The van der Waals surface area contributed by atoms with Crippen LogP contribution in [0.2, 0.25) is 0 Å². The minimum Gasteiger partial charge on any atom is -0.265 e. The fourth-order valence-electron chi connectivity index (χ4n) is 2.50. The van der Waals surface area contributed by atoms with E-state index in [1.807, 2.05) is 23.7 Å². The van der Waals surface area contributed by atoms with Gasteiger partial charge in [0.15, 0.2) is 0 Å². The first-order valence-corrected chi connectivity index (χ1v) is 7.75. The predicted octanol–water partition coefficient (Wildman–Crippen LogP) is 5.35. The van der Waals surface area contributed by atoms with Crippen molar-refractivity contribution >= 4 is 11.3 Å². The van der Waals surface area contributed by atoms with Gasteiger partial charge in [-0.3, -0.25) is 4.98 Å². The molecule has 0 aliphatic rings. The Kier molecular flexibility index (Phi) is 3.66. The molecule has 0 fully saturated rings. The van der Waals surface area contributed by atoms with Gasteiger partial charge >= 0.3 is 0 Å². The fourth-order valence-corrected chi connectivity index (χ4v) is 3.33. The standard InChI is InChI=1S/C18H17NS/c1-3-16-11-15(12-20-16)18-6-4-5-17(13(18)2)14-7-9-19-10-8-14/h4-12H,3H2,1-2H3. The van der Waals surface area contributed by atoms with Gasteiger partial charge in [0, 0.05) is 17.3 Å². The molecule has 0 aliphatic heterocycles. The van der Waals surface area contributed by atoms with E-state index in [2.05, 4.69) is 60.6 Å². The largest absolute Gasteiger partial charge is 0.265 e. The molecular weight excluding hydrogens is 262 g/mol. The third-order valence-electron chi connectivity index (χ3n) is 3.64. The number of thiophene rings is 1. The number of benzene rings is 1. The summed E-state index contributed by atoms with van der Waals surface area (Å²) < 4.78 is 0. The van der Waals surface area contributed by atoms with Gasteiger partial charge in [0.05, 0.1) is 0 Å². The van der Waals surface area contributed by atoms with E-state index < -0.39 is 0 Å². The Hall–Kier alpha value is -1.93. The molecule has 0 aliphatic carbocycles. The molecule has 0 saturated carbocycles. The second-order valence-corrected chi connectivity index (χ2v) is 5.87. The van der Waals surface area contributed by atoms with Gasteiger partial charge in [-0.1, -0.05) is 25.1 Å². The summed E-state index contributed by atoms with van der Waals surface area (Å²) in [6.45, 7) is 4.41. The molecule has 20 heavy (non-hydrogen) atoms. The topological polar surface area (TPSA) is 12.9 Å². The number of aromatic nitrogens is 1. The Morgan fingerprint density at radius 1 is 1.00 bits per heavy atom. The van der Waals surface area contributed by atoms with E-state index in [4.69, 9.17) is 0 Å². The van der Waals surface area contributed by atoms with Crippen LogP contribution in [0.4, 0.5) is 0 Å². The lowest BCUT2D eigenvalue weighted by Crippen LogP contribution is -1.87. The Balaban J connectivity index is 2.10. The Morgan fingerprint density at radius 2 is 1.70 bits per heavy atom. The molecule has 100 valence electrons. The zero-order chi connectivity index (χ0) is 13.9. The minimum absolute atomic E-state index is 1.10. The highest BCUT2D eigenvalue weighted by Gasteiger charge is 2.09. The first kappa shape index (κ1) is 13.1. The van der Waals surface area contributed by atoms with Crippen molar-refractivity contribution in [2.45, 2.75) is 20.3 Å². The SMILES string of the molecule is CCc1cc(-c2cccc(-c3ccncc3)c2C)cs1. The highest BCUT2D eigenvalue weighted by Crippen LogP contribution is 2.33. The maximum absolute atomic E-state index is 4.10.